The molecule has 0 saturated heterocycles. The summed E-state index contributed by atoms with van der Waals surface area (Å²) in [6.07, 6.45) is 0.719. The van der Waals surface area contributed by atoms with Crippen molar-refractivity contribution in [3.05, 3.63) is 58.7 Å². The summed E-state index contributed by atoms with van der Waals surface area (Å²) in [6, 6.07) is 13.0. The number of nitrogens with zero attached hydrogens (tertiary/aromatic N) is 1. The van der Waals surface area contributed by atoms with Gasteiger partial charge in [0.25, 0.3) is 0 Å². The van der Waals surface area contributed by atoms with Crippen molar-refractivity contribution in [3.63, 3.8) is 0 Å². The van der Waals surface area contributed by atoms with Gasteiger partial charge in [-0.15, -0.1) is 0 Å². The van der Waals surface area contributed by atoms with Crippen molar-refractivity contribution in [3.8, 4) is 17.6 Å². The third kappa shape index (κ3) is 3.29. The highest BCUT2D eigenvalue weighted by Gasteiger charge is 2.12. The second kappa shape index (κ2) is 6.23. The Morgan fingerprint density at radius 3 is 2.52 bits per heavy atom. The van der Waals surface area contributed by atoms with Crippen LogP contribution >= 0.6 is 0 Å². The predicted molar refractivity (Wildman–Crippen MR) is 81.9 cm³/mol. The maximum atomic E-state index is 10.8. The minimum absolute atomic E-state index is 0.320. The van der Waals surface area contributed by atoms with Crippen LogP contribution in [-0.4, -0.2) is 6.29 Å². The molecule has 0 heterocycles. The van der Waals surface area contributed by atoms with Crippen LogP contribution in [0.3, 0.4) is 0 Å². The molecule has 2 aromatic carbocycles. The maximum Gasteiger partial charge on any atom is 0.150 e. The van der Waals surface area contributed by atoms with Crippen LogP contribution in [-0.2, 0) is 0 Å². The molecule has 0 fully saturated rings. The summed E-state index contributed by atoms with van der Waals surface area (Å²) in [5, 5.41) is 9.20. The second-order valence-electron chi connectivity index (χ2n) is 5.28. The van der Waals surface area contributed by atoms with Crippen LogP contribution in [0.5, 0.6) is 11.5 Å². The SMILES string of the molecule is Cc1ccc(C(C)C)c(Oc2ccc(C=O)cc2C#N)c1. The smallest absolute Gasteiger partial charge is 0.150 e. The monoisotopic (exact) mass is 279 g/mol. The quantitative estimate of drug-likeness (QED) is 0.769. The molecule has 3 heteroatoms. The number of carbonyl (C=O) groups excluding carboxylic acids is 1. The standard InChI is InChI=1S/C18H17NO2/c1-12(2)16-6-4-13(3)8-18(16)21-17-7-5-14(11-20)9-15(17)10-19/h4-9,11-12H,1-3H3. The first-order valence-corrected chi connectivity index (χ1v) is 6.83. The summed E-state index contributed by atoms with van der Waals surface area (Å²) in [4.78, 5) is 10.8. The number of ether oxygens (including phenoxy) is 1. The van der Waals surface area contributed by atoms with E-state index in [1.165, 1.54) is 6.07 Å². The van der Waals surface area contributed by atoms with Gasteiger partial charge in [-0.25, -0.2) is 0 Å². The Morgan fingerprint density at radius 2 is 1.90 bits per heavy atom. The first-order chi connectivity index (χ1) is 10.0. The summed E-state index contributed by atoms with van der Waals surface area (Å²) in [5.41, 5.74) is 3.00. The number of carbonyl (C=O) groups is 1. The number of aryl methyl sites for hydroxylation is 1. The van der Waals surface area contributed by atoms with Crippen molar-refractivity contribution in [2.24, 2.45) is 0 Å². The van der Waals surface area contributed by atoms with Gasteiger partial charge in [-0.2, -0.15) is 5.26 Å². The Morgan fingerprint density at radius 1 is 1.14 bits per heavy atom. The fourth-order valence-electron chi connectivity index (χ4n) is 2.12. The average molecular weight is 279 g/mol. The van der Waals surface area contributed by atoms with E-state index in [9.17, 15) is 10.1 Å². The van der Waals surface area contributed by atoms with Gasteiger partial charge in [0.2, 0.25) is 0 Å². The molecular weight excluding hydrogens is 262 g/mol. The Labute approximate surface area is 124 Å². The number of hydrogen-bond acceptors (Lipinski definition) is 3. The molecule has 0 bridgehead atoms. The molecule has 0 N–H and O–H groups in total. The van der Waals surface area contributed by atoms with Gasteiger partial charge in [-0.1, -0.05) is 26.0 Å². The van der Waals surface area contributed by atoms with Gasteiger partial charge in [0.15, 0.2) is 0 Å². The summed E-state index contributed by atoms with van der Waals surface area (Å²) >= 11 is 0. The van der Waals surface area contributed by atoms with Crippen molar-refractivity contribution in [1.29, 1.82) is 5.26 Å². The summed E-state index contributed by atoms with van der Waals surface area (Å²) in [5.74, 6) is 1.54. The summed E-state index contributed by atoms with van der Waals surface area (Å²) in [6.45, 7) is 6.19. The van der Waals surface area contributed by atoms with Crippen LogP contribution in [0.25, 0.3) is 0 Å². The van der Waals surface area contributed by atoms with Gasteiger partial charge >= 0.3 is 0 Å². The number of hydrogen-bond donors (Lipinski definition) is 0. The summed E-state index contributed by atoms with van der Waals surface area (Å²) in [7, 11) is 0. The van der Waals surface area contributed by atoms with Crippen molar-refractivity contribution < 1.29 is 9.53 Å². The summed E-state index contributed by atoms with van der Waals surface area (Å²) < 4.78 is 5.93. The number of rotatable bonds is 4. The van der Waals surface area contributed by atoms with Crippen LogP contribution in [0.15, 0.2) is 36.4 Å². The highest BCUT2D eigenvalue weighted by molar-refractivity contribution is 5.76. The molecule has 0 radical (unpaired) electrons. The van der Waals surface area contributed by atoms with Gasteiger partial charge in [0.1, 0.15) is 23.9 Å². The van der Waals surface area contributed by atoms with E-state index in [4.69, 9.17) is 4.74 Å². The Bertz CT molecular complexity index is 712. The highest BCUT2D eigenvalue weighted by Crippen LogP contribution is 2.33. The van der Waals surface area contributed by atoms with Crippen LogP contribution in [0.1, 0.15) is 46.8 Å². The van der Waals surface area contributed by atoms with Crippen molar-refractivity contribution >= 4 is 6.29 Å². The molecule has 2 rings (SSSR count). The lowest BCUT2D eigenvalue weighted by atomic mass is 10.0. The largest absolute Gasteiger partial charge is 0.456 e. The van der Waals surface area contributed by atoms with Crippen molar-refractivity contribution in [2.75, 3.05) is 0 Å². The molecule has 0 saturated carbocycles. The van der Waals surface area contributed by atoms with E-state index in [0.717, 1.165) is 23.2 Å². The Hall–Kier alpha value is -2.60. The zero-order chi connectivity index (χ0) is 15.4. The first kappa shape index (κ1) is 14.8. The molecule has 0 aliphatic carbocycles. The lowest BCUT2D eigenvalue weighted by molar-refractivity contribution is 0.112. The van der Waals surface area contributed by atoms with Gasteiger partial charge in [0.05, 0.1) is 5.56 Å². The normalized spacial score (nSPS) is 10.2. The third-order valence-corrected chi connectivity index (χ3v) is 3.27. The van der Waals surface area contributed by atoms with Crippen molar-refractivity contribution in [2.45, 2.75) is 26.7 Å². The van der Waals surface area contributed by atoms with E-state index >= 15 is 0 Å². The molecule has 0 spiro atoms. The van der Waals surface area contributed by atoms with Crippen LogP contribution in [0, 0.1) is 18.3 Å². The maximum absolute atomic E-state index is 10.8. The molecule has 2 aromatic rings. The zero-order valence-electron chi connectivity index (χ0n) is 12.4. The molecule has 0 amide bonds. The second-order valence-corrected chi connectivity index (χ2v) is 5.28. The Kier molecular flexibility index (Phi) is 4.39. The molecule has 0 aromatic heterocycles. The Balaban J connectivity index is 2.45. The minimum Gasteiger partial charge on any atom is -0.456 e. The van der Waals surface area contributed by atoms with E-state index in [2.05, 4.69) is 19.9 Å². The lowest BCUT2D eigenvalue weighted by Crippen LogP contribution is -1.96. The van der Waals surface area contributed by atoms with E-state index in [0.29, 0.717) is 22.8 Å². The van der Waals surface area contributed by atoms with Gasteiger partial charge < -0.3 is 4.74 Å². The zero-order valence-corrected chi connectivity index (χ0v) is 12.4. The molecule has 21 heavy (non-hydrogen) atoms. The van der Waals surface area contributed by atoms with Crippen molar-refractivity contribution in [1.82, 2.24) is 0 Å². The first-order valence-electron chi connectivity index (χ1n) is 6.83. The fourth-order valence-corrected chi connectivity index (χ4v) is 2.12. The molecule has 0 aliphatic heterocycles. The van der Waals surface area contributed by atoms with Crippen LogP contribution < -0.4 is 4.74 Å². The number of benzene rings is 2. The average Bonchev–Trinajstić information content (AvgIpc) is 2.47. The number of aldehydes is 1. The van der Waals surface area contributed by atoms with E-state index in [1.807, 2.05) is 25.1 Å². The van der Waals surface area contributed by atoms with E-state index in [-0.39, 0.29) is 0 Å². The molecule has 3 nitrogen and oxygen atoms in total. The highest BCUT2D eigenvalue weighted by atomic mass is 16.5. The molecule has 106 valence electrons. The molecule has 0 aliphatic rings. The molecular formula is C18H17NO2. The number of nitriles is 1. The fraction of sp³-hybridized carbons (Fsp3) is 0.222. The van der Waals surface area contributed by atoms with E-state index in [1.54, 1.807) is 12.1 Å². The third-order valence-electron chi connectivity index (χ3n) is 3.27. The van der Waals surface area contributed by atoms with Crippen LogP contribution in [0.2, 0.25) is 0 Å². The molecule has 0 unspecified atom stereocenters. The van der Waals surface area contributed by atoms with E-state index < -0.39 is 0 Å². The molecule has 0 atom stereocenters. The lowest BCUT2D eigenvalue weighted by Gasteiger charge is -2.15. The minimum atomic E-state index is 0.320. The van der Waals surface area contributed by atoms with Crippen LogP contribution in [0.4, 0.5) is 0 Å². The van der Waals surface area contributed by atoms with Gasteiger partial charge in [-0.3, -0.25) is 4.79 Å². The predicted octanol–water partition coefficient (Wildman–Crippen LogP) is 4.59. The topological polar surface area (TPSA) is 50.1 Å². The van der Waals surface area contributed by atoms with Gasteiger partial charge in [0, 0.05) is 5.56 Å². The van der Waals surface area contributed by atoms with Gasteiger partial charge in [-0.05, 0) is 48.2 Å².